The molecule has 0 aromatic heterocycles. The van der Waals surface area contributed by atoms with E-state index < -0.39 is 11.2 Å². The van der Waals surface area contributed by atoms with Crippen molar-refractivity contribution >= 4 is 34.3 Å². The van der Waals surface area contributed by atoms with Gasteiger partial charge in [0, 0.05) is 92.5 Å². The zero-order valence-corrected chi connectivity index (χ0v) is 85.5. The summed E-state index contributed by atoms with van der Waals surface area (Å²) in [5.74, 6) is 5.78. The summed E-state index contributed by atoms with van der Waals surface area (Å²) in [6, 6.07) is 35.6. The SMILES string of the molecule is C=CCCCC1(CCCC)Cc2cc(OCOC)ccc2C1(O)C(=C)C.C=CCCCC1(CCCC)Cc2cc(OCOC)ccc2C1=O.CCCCC12CCCC(=O)C(C)=C1c1ccc(O)cc1C2.CCCCC12CCCC(=O)C(C)=C1c1ccc(OCOC)cc1C2.CCCCC12CCCC=C(C)C1(O)c1ccc(OCOC)cc1C2.CCCCC1Cc2cc(OCOC)ccc2C1=O. The molecule has 8 atom stereocenters. The highest BCUT2D eigenvalue weighted by Crippen LogP contribution is 2.63. The number of aromatic hydroxyl groups is 1. The molecule has 0 bridgehead atoms. The summed E-state index contributed by atoms with van der Waals surface area (Å²) in [5.41, 5.74) is 18.0. The van der Waals surface area contributed by atoms with Gasteiger partial charge in [-0.2, -0.15) is 0 Å². The number of methoxy groups -OCH3 is 5. The maximum absolute atomic E-state index is 13.1. The number of hydrogen-bond acceptors (Lipinski definition) is 17. The highest BCUT2D eigenvalue weighted by molar-refractivity contribution is 6.07. The molecule has 0 radical (unpaired) electrons. The molecule has 17 heteroatoms. The Labute approximate surface area is 815 Å². The Bertz CT molecular complexity index is 5120. The van der Waals surface area contributed by atoms with Crippen LogP contribution in [0.3, 0.4) is 0 Å². The van der Waals surface area contributed by atoms with Gasteiger partial charge in [-0.15, -0.1) is 13.2 Å². The lowest BCUT2D eigenvalue weighted by molar-refractivity contribution is -0.116. The molecule has 0 aliphatic heterocycles. The third kappa shape index (κ3) is 25.0. The minimum atomic E-state index is -0.988. The number of aliphatic hydroxyl groups is 2. The van der Waals surface area contributed by atoms with Crippen LogP contribution in [-0.4, -0.2) is 108 Å². The molecule has 15 rings (SSSR count). The Kier molecular flexibility index (Phi) is 41.5. The normalized spacial score (nSPS) is 23.3. The predicted octanol–water partition coefficient (Wildman–Crippen LogP) is 28.0. The van der Waals surface area contributed by atoms with E-state index in [0.29, 0.717) is 41.7 Å². The molecule has 742 valence electrons. The van der Waals surface area contributed by atoms with Gasteiger partial charge >= 0.3 is 0 Å². The average molecular weight is 1870 g/mol. The number of hydrogen-bond donors (Lipinski definition) is 3. The van der Waals surface area contributed by atoms with Gasteiger partial charge in [-0.1, -0.05) is 168 Å². The zero-order valence-electron chi connectivity index (χ0n) is 85.5. The van der Waals surface area contributed by atoms with Crippen molar-refractivity contribution in [1.82, 2.24) is 0 Å². The topological polar surface area (TPSA) is 221 Å². The number of allylic oxidation sites excluding steroid dienone is 7. The molecule has 8 unspecified atom stereocenters. The van der Waals surface area contributed by atoms with E-state index in [9.17, 15) is 34.5 Å². The van der Waals surface area contributed by atoms with Crippen molar-refractivity contribution in [2.45, 2.75) is 331 Å². The summed E-state index contributed by atoms with van der Waals surface area (Å²) in [6.07, 6.45) is 46.7. The number of carbonyl (C=O) groups is 4. The van der Waals surface area contributed by atoms with Crippen molar-refractivity contribution in [3.8, 4) is 34.5 Å². The van der Waals surface area contributed by atoms with Crippen LogP contribution in [0.15, 0.2) is 169 Å². The van der Waals surface area contributed by atoms with Gasteiger partial charge in [0.25, 0.3) is 0 Å². The van der Waals surface area contributed by atoms with E-state index in [1.807, 2.05) is 106 Å². The van der Waals surface area contributed by atoms with Crippen LogP contribution in [0, 0.1) is 33.0 Å². The number of phenols is 1. The first-order chi connectivity index (χ1) is 65.6. The Morgan fingerprint density at radius 2 is 0.846 bits per heavy atom. The number of unbranched alkanes of at least 4 members (excludes halogenated alkanes) is 8. The van der Waals surface area contributed by atoms with Crippen LogP contribution in [-0.2, 0) is 83.0 Å². The number of rotatable bonds is 42. The number of benzene rings is 6. The van der Waals surface area contributed by atoms with Crippen LogP contribution < -0.4 is 23.7 Å². The number of Topliss-reactive ketones (excluding diaryl/α,β-unsaturated/α-hetero) is 4. The number of phenolic OH excluding ortho intramolecular Hbond substituents is 1. The number of ketones is 4. The fourth-order valence-electron chi connectivity index (χ4n) is 24.0. The van der Waals surface area contributed by atoms with Crippen molar-refractivity contribution < 1.29 is 81.9 Å². The van der Waals surface area contributed by atoms with Crippen LogP contribution in [0.1, 0.15) is 357 Å². The molecule has 0 saturated heterocycles. The molecular weight excluding hydrogens is 1700 g/mol. The van der Waals surface area contributed by atoms with Crippen molar-refractivity contribution in [2.24, 2.45) is 33.0 Å². The molecule has 136 heavy (non-hydrogen) atoms. The molecule has 0 amide bonds. The summed E-state index contributed by atoms with van der Waals surface area (Å²) < 4.78 is 52.6. The van der Waals surface area contributed by atoms with E-state index in [0.717, 1.165) is 283 Å². The van der Waals surface area contributed by atoms with Gasteiger partial charge in [0.2, 0.25) is 0 Å². The molecule has 9 aliphatic rings. The van der Waals surface area contributed by atoms with Crippen LogP contribution >= 0.6 is 0 Å². The lowest BCUT2D eigenvalue weighted by Crippen LogP contribution is -2.43. The first-order valence-electron chi connectivity index (χ1n) is 51.3. The van der Waals surface area contributed by atoms with Crippen molar-refractivity contribution in [3.05, 3.63) is 236 Å². The molecule has 0 heterocycles. The second-order valence-electron chi connectivity index (χ2n) is 40.1. The van der Waals surface area contributed by atoms with Crippen LogP contribution in [0.4, 0.5) is 0 Å². The third-order valence-corrected chi connectivity index (χ3v) is 30.9. The first kappa shape index (κ1) is 109. The quantitative estimate of drug-likeness (QED) is 0.0184. The maximum atomic E-state index is 13.1. The molecule has 0 saturated carbocycles. The fraction of sp³-hybridized carbons (Fsp3) is 0.563. The number of ether oxygens (including phenoxy) is 10. The van der Waals surface area contributed by atoms with Crippen LogP contribution in [0.2, 0.25) is 0 Å². The van der Waals surface area contributed by atoms with Crippen LogP contribution in [0.5, 0.6) is 34.5 Å². The lowest BCUT2D eigenvalue weighted by Gasteiger charge is -2.44. The lowest BCUT2D eigenvalue weighted by atomic mass is 9.64. The van der Waals surface area contributed by atoms with E-state index >= 15 is 0 Å². The minimum Gasteiger partial charge on any atom is -0.508 e. The van der Waals surface area contributed by atoms with Gasteiger partial charge in [0.1, 0.15) is 45.7 Å². The third-order valence-electron chi connectivity index (χ3n) is 30.9. The second kappa shape index (κ2) is 51.7. The summed E-state index contributed by atoms with van der Waals surface area (Å²) in [5, 5.41) is 33.6. The Morgan fingerprint density at radius 1 is 0.434 bits per heavy atom. The van der Waals surface area contributed by atoms with Gasteiger partial charge in [0.15, 0.2) is 57.1 Å². The monoisotopic (exact) mass is 1870 g/mol. The summed E-state index contributed by atoms with van der Waals surface area (Å²) in [7, 11) is 8.07. The van der Waals surface area contributed by atoms with Crippen molar-refractivity contribution in [3.63, 3.8) is 0 Å². The molecule has 6 aromatic rings. The summed E-state index contributed by atoms with van der Waals surface area (Å²) >= 11 is 0. The molecule has 0 fully saturated rings. The van der Waals surface area contributed by atoms with Gasteiger partial charge in [-0.3, -0.25) is 19.2 Å². The standard InChI is InChI=1S/C23H34O3.C21H28O3.C21H30O3.C20H28O3.C19H24O2.C15H20O3/c1-6-8-10-14-22(13-9-7-2)16-19-15-20(26-17-25-5)11-12-21(19)23(22,24)18(3)4;1-4-5-10-21-11-6-7-19(22)15(2)20(21)18-9-8-17(24-14-23-3)12-16(18)13-21;1-4-5-11-20-12-7-6-8-16(2)21(20,22)19-10-9-18(24-15-23-3)13-17(19)14-20;1-4-6-8-12-20(11-7-5-2)14-16-13-17(23-15-22-3)9-10-18(16)19(20)21;1-3-4-9-19-10-5-6-17(21)13(2)18(19)16-8-7-15(20)11-14(16)12-19;1-3-4-5-11-8-12-9-13(18-10-17-2)6-7-14(12)15(11)16/h6,11-12,15,24H,1,3,7-10,13-14,16-17H2,2,4-5H3;8-9,12H,4-7,10-11,13-14H2,1-3H3;8-10,13,22H,4-7,11-12,14-15H2,1-3H3;4,9-10,13H,1,5-8,11-12,14-15H2,2-3H3;7-8,11,20H,3-6,9-10,12H2,1-2H3;6-7,9,11H,3-5,8,10H2,1-2H3. The van der Waals surface area contributed by atoms with Crippen LogP contribution in [0.25, 0.3) is 11.1 Å². The van der Waals surface area contributed by atoms with Gasteiger partial charge in [0.05, 0.1) is 0 Å². The minimum absolute atomic E-state index is 0.0672. The first-order valence-corrected chi connectivity index (χ1v) is 51.3. The van der Waals surface area contributed by atoms with E-state index in [2.05, 4.69) is 105 Å². The molecule has 9 aliphatic carbocycles. The zero-order chi connectivity index (χ0) is 98.3. The maximum Gasteiger partial charge on any atom is 0.188 e. The van der Waals surface area contributed by atoms with Gasteiger partial charge in [-0.25, -0.2) is 0 Å². The average Bonchev–Trinajstić information content (AvgIpc) is 1.55. The summed E-state index contributed by atoms with van der Waals surface area (Å²) in [4.78, 5) is 50.0. The van der Waals surface area contributed by atoms with Gasteiger partial charge in [-0.05, 0) is 362 Å². The number of carbonyl (C=O) groups excluding carboxylic acids is 4. The van der Waals surface area contributed by atoms with Crippen molar-refractivity contribution in [2.75, 3.05) is 69.5 Å². The number of fused-ring (bicyclic) bond motifs is 12. The van der Waals surface area contributed by atoms with E-state index in [1.165, 1.54) is 83.1 Å². The van der Waals surface area contributed by atoms with Crippen molar-refractivity contribution in [1.29, 1.82) is 0 Å². The molecule has 3 N–H and O–H groups in total. The molecule has 17 nitrogen and oxygen atoms in total. The fourth-order valence-corrected chi connectivity index (χ4v) is 24.0. The molecule has 0 spiro atoms. The highest BCUT2D eigenvalue weighted by Gasteiger charge is 2.59. The second-order valence-corrected chi connectivity index (χ2v) is 40.1. The molecule has 6 aromatic carbocycles. The highest BCUT2D eigenvalue weighted by atomic mass is 16.7. The Hall–Kier alpha value is -9.04. The molecular formula is C119H164O17. The largest absolute Gasteiger partial charge is 0.508 e. The smallest absolute Gasteiger partial charge is 0.188 e. The van der Waals surface area contributed by atoms with E-state index in [4.69, 9.17) is 47.4 Å². The Morgan fingerprint density at radius 3 is 1.35 bits per heavy atom. The Balaban J connectivity index is 0.000000169. The van der Waals surface area contributed by atoms with E-state index in [-0.39, 0.29) is 67.0 Å². The van der Waals surface area contributed by atoms with Gasteiger partial charge < -0.3 is 62.7 Å². The summed E-state index contributed by atoms with van der Waals surface area (Å²) in [6.45, 7) is 34.4. The predicted molar refractivity (Wildman–Crippen MR) is 548 cm³/mol. The van der Waals surface area contributed by atoms with E-state index in [1.54, 1.807) is 41.6 Å².